The van der Waals surface area contributed by atoms with Gasteiger partial charge >= 0.3 is 5.97 Å². The van der Waals surface area contributed by atoms with Gasteiger partial charge < -0.3 is 9.67 Å². The normalized spacial score (nSPS) is 11.1. The predicted molar refractivity (Wildman–Crippen MR) is 80.4 cm³/mol. The second kappa shape index (κ2) is 4.76. The second-order valence-electron chi connectivity index (χ2n) is 4.58. The van der Waals surface area contributed by atoms with E-state index in [0.29, 0.717) is 10.6 Å². The van der Waals surface area contributed by atoms with Gasteiger partial charge in [-0.15, -0.1) is 11.3 Å². The van der Waals surface area contributed by atoms with Crippen molar-refractivity contribution in [3.63, 3.8) is 0 Å². The topological polar surface area (TPSA) is 55.1 Å². The van der Waals surface area contributed by atoms with Crippen molar-refractivity contribution in [1.82, 2.24) is 9.55 Å². The quantitative estimate of drug-likeness (QED) is 0.797. The Balaban J connectivity index is 2.24. The Kier molecular flexibility index (Phi) is 3.06. The summed E-state index contributed by atoms with van der Waals surface area (Å²) in [7, 11) is 0. The molecule has 4 nitrogen and oxygen atoms in total. The van der Waals surface area contributed by atoms with E-state index in [1.165, 1.54) is 11.3 Å². The number of hydrogen-bond donors (Lipinski definition) is 1. The molecule has 0 saturated heterocycles. The lowest BCUT2D eigenvalue weighted by molar-refractivity contribution is 0.0701. The van der Waals surface area contributed by atoms with E-state index in [0.717, 1.165) is 28.0 Å². The Morgan fingerprint density at radius 1 is 1.40 bits per heavy atom. The predicted octanol–water partition coefficient (Wildman–Crippen LogP) is 3.79. The number of thiazole rings is 1. The van der Waals surface area contributed by atoms with E-state index in [4.69, 9.17) is 5.11 Å². The van der Waals surface area contributed by atoms with Crippen LogP contribution >= 0.6 is 11.3 Å². The number of rotatable bonds is 3. The number of para-hydroxylation sites is 1. The van der Waals surface area contributed by atoms with Crippen molar-refractivity contribution in [1.29, 1.82) is 0 Å². The zero-order valence-corrected chi connectivity index (χ0v) is 12.1. The van der Waals surface area contributed by atoms with Crippen LogP contribution in [0.1, 0.15) is 22.3 Å². The minimum Gasteiger partial charge on any atom is -0.477 e. The first kappa shape index (κ1) is 12.9. The highest BCUT2D eigenvalue weighted by atomic mass is 32.1. The molecule has 3 aromatic rings. The number of aromatic carboxylic acids is 1. The molecule has 0 aliphatic heterocycles. The first-order chi connectivity index (χ1) is 9.61. The Labute approximate surface area is 120 Å². The molecule has 0 radical (unpaired) electrons. The Hall–Kier alpha value is -2.14. The van der Waals surface area contributed by atoms with E-state index >= 15 is 0 Å². The van der Waals surface area contributed by atoms with E-state index in [1.807, 2.05) is 18.2 Å². The van der Waals surface area contributed by atoms with Crippen molar-refractivity contribution in [3.05, 3.63) is 41.0 Å². The van der Waals surface area contributed by atoms with Crippen molar-refractivity contribution in [2.45, 2.75) is 20.4 Å². The van der Waals surface area contributed by atoms with Crippen molar-refractivity contribution in [2.75, 3.05) is 0 Å². The highest BCUT2D eigenvalue weighted by Gasteiger charge is 2.18. The fourth-order valence-corrected chi connectivity index (χ4v) is 3.32. The van der Waals surface area contributed by atoms with Crippen molar-refractivity contribution in [3.8, 4) is 10.6 Å². The molecule has 0 saturated carbocycles. The van der Waals surface area contributed by atoms with E-state index in [2.05, 4.69) is 28.7 Å². The van der Waals surface area contributed by atoms with E-state index in [1.54, 1.807) is 6.92 Å². The highest BCUT2D eigenvalue weighted by molar-refractivity contribution is 7.17. The van der Waals surface area contributed by atoms with Crippen molar-refractivity contribution < 1.29 is 9.90 Å². The minimum absolute atomic E-state index is 0.313. The van der Waals surface area contributed by atoms with Crippen LogP contribution in [0.5, 0.6) is 0 Å². The van der Waals surface area contributed by atoms with Gasteiger partial charge in [-0.05, 0) is 19.9 Å². The maximum atomic E-state index is 11.2. The minimum atomic E-state index is -0.912. The van der Waals surface area contributed by atoms with Gasteiger partial charge in [0.1, 0.15) is 9.88 Å². The van der Waals surface area contributed by atoms with Crippen LogP contribution in [0.4, 0.5) is 0 Å². The molecule has 1 N–H and O–H groups in total. The van der Waals surface area contributed by atoms with Gasteiger partial charge in [-0.25, -0.2) is 9.78 Å². The number of nitrogens with zero attached hydrogens (tertiary/aromatic N) is 2. The smallest absolute Gasteiger partial charge is 0.347 e. The molecule has 2 heterocycles. The third-order valence-electron chi connectivity index (χ3n) is 3.35. The monoisotopic (exact) mass is 286 g/mol. The van der Waals surface area contributed by atoms with Gasteiger partial charge in [0.25, 0.3) is 0 Å². The van der Waals surface area contributed by atoms with Gasteiger partial charge in [0.2, 0.25) is 0 Å². The van der Waals surface area contributed by atoms with Gasteiger partial charge in [0, 0.05) is 29.2 Å². The summed E-state index contributed by atoms with van der Waals surface area (Å²) in [5, 5.41) is 11.0. The molecule has 0 amide bonds. The average molecular weight is 286 g/mol. The van der Waals surface area contributed by atoms with E-state index in [9.17, 15) is 4.79 Å². The highest BCUT2D eigenvalue weighted by Crippen LogP contribution is 2.34. The summed E-state index contributed by atoms with van der Waals surface area (Å²) in [6.07, 6.45) is 2.05. The fourth-order valence-electron chi connectivity index (χ4n) is 2.39. The summed E-state index contributed by atoms with van der Waals surface area (Å²) >= 11 is 1.24. The van der Waals surface area contributed by atoms with Crippen LogP contribution < -0.4 is 0 Å². The van der Waals surface area contributed by atoms with Gasteiger partial charge in [-0.1, -0.05) is 18.2 Å². The van der Waals surface area contributed by atoms with Crippen LogP contribution in [-0.2, 0) is 6.54 Å². The standard InChI is InChI=1S/C15H14N2O2S/c1-3-17-8-11(10-6-4-5-7-12(10)17)14-16-9(2)13(20-14)15(18)19/h4-8H,3H2,1-2H3,(H,18,19). The van der Waals surface area contributed by atoms with Crippen LogP contribution in [0.15, 0.2) is 30.5 Å². The SMILES string of the molecule is CCn1cc(-c2nc(C)c(C(=O)O)s2)c2ccccc21. The summed E-state index contributed by atoms with van der Waals surface area (Å²) < 4.78 is 2.15. The van der Waals surface area contributed by atoms with Gasteiger partial charge in [-0.3, -0.25) is 0 Å². The molecule has 2 aromatic heterocycles. The fraction of sp³-hybridized carbons (Fsp3) is 0.200. The first-order valence-corrected chi connectivity index (χ1v) is 7.22. The molecule has 20 heavy (non-hydrogen) atoms. The zero-order valence-electron chi connectivity index (χ0n) is 11.3. The van der Waals surface area contributed by atoms with Gasteiger partial charge in [-0.2, -0.15) is 0 Å². The molecule has 0 unspecified atom stereocenters. The average Bonchev–Trinajstić information content (AvgIpc) is 2.99. The molecule has 0 fully saturated rings. The third kappa shape index (κ3) is 1.91. The number of carbonyl (C=O) groups is 1. The van der Waals surface area contributed by atoms with Crippen LogP contribution in [0, 0.1) is 6.92 Å². The molecule has 5 heteroatoms. The van der Waals surface area contributed by atoms with Gasteiger partial charge in [0.15, 0.2) is 0 Å². The lowest BCUT2D eigenvalue weighted by atomic mass is 10.2. The van der Waals surface area contributed by atoms with E-state index < -0.39 is 5.97 Å². The molecule has 0 atom stereocenters. The summed E-state index contributed by atoms with van der Waals surface area (Å²) in [6, 6.07) is 8.12. The molecular weight excluding hydrogens is 272 g/mol. The zero-order chi connectivity index (χ0) is 14.3. The molecule has 0 spiro atoms. The third-order valence-corrected chi connectivity index (χ3v) is 4.53. The van der Waals surface area contributed by atoms with Crippen LogP contribution in [0.3, 0.4) is 0 Å². The molecular formula is C15H14N2O2S. The summed E-state index contributed by atoms with van der Waals surface area (Å²) in [6.45, 7) is 4.70. The van der Waals surface area contributed by atoms with Crippen LogP contribution in [-0.4, -0.2) is 20.6 Å². The lowest BCUT2D eigenvalue weighted by Gasteiger charge is -1.97. The van der Waals surface area contributed by atoms with Crippen LogP contribution in [0.25, 0.3) is 21.5 Å². The largest absolute Gasteiger partial charge is 0.477 e. The Bertz CT molecular complexity index is 801. The number of fused-ring (bicyclic) bond motifs is 1. The maximum absolute atomic E-state index is 11.2. The summed E-state index contributed by atoms with van der Waals surface area (Å²) in [5.74, 6) is -0.912. The number of aromatic nitrogens is 2. The number of benzene rings is 1. The summed E-state index contributed by atoms with van der Waals surface area (Å²) in [4.78, 5) is 15.9. The van der Waals surface area contributed by atoms with Crippen molar-refractivity contribution in [2.24, 2.45) is 0 Å². The maximum Gasteiger partial charge on any atom is 0.347 e. The van der Waals surface area contributed by atoms with Crippen LogP contribution in [0.2, 0.25) is 0 Å². The number of aryl methyl sites for hydroxylation is 2. The molecule has 0 bridgehead atoms. The molecule has 1 aromatic carbocycles. The van der Waals surface area contributed by atoms with Crippen molar-refractivity contribution >= 4 is 28.2 Å². The molecule has 0 aliphatic rings. The van der Waals surface area contributed by atoms with E-state index in [-0.39, 0.29) is 0 Å². The molecule has 3 rings (SSSR count). The first-order valence-electron chi connectivity index (χ1n) is 6.40. The number of hydrogen-bond acceptors (Lipinski definition) is 3. The number of carboxylic acids is 1. The Morgan fingerprint density at radius 2 is 2.15 bits per heavy atom. The van der Waals surface area contributed by atoms with Gasteiger partial charge in [0.05, 0.1) is 5.69 Å². The Morgan fingerprint density at radius 3 is 2.80 bits per heavy atom. The summed E-state index contributed by atoms with van der Waals surface area (Å²) in [5.41, 5.74) is 2.73. The second-order valence-corrected chi connectivity index (χ2v) is 5.58. The molecule has 102 valence electrons. The number of carboxylic acid groups (broad SMARTS) is 1. The lowest BCUT2D eigenvalue weighted by Crippen LogP contribution is -1.94. The molecule has 0 aliphatic carbocycles.